The number of nitrogens with zero attached hydrogens (tertiary/aromatic N) is 1. The molecular weight excluding hydrogens is 270 g/mol. The van der Waals surface area contributed by atoms with Crippen LogP contribution in [0.4, 0.5) is 11.4 Å². The Balaban J connectivity index is 1.80. The molecule has 0 spiro atoms. The van der Waals surface area contributed by atoms with Crippen molar-refractivity contribution in [3.63, 3.8) is 0 Å². The van der Waals surface area contributed by atoms with Gasteiger partial charge in [-0.1, -0.05) is 0 Å². The van der Waals surface area contributed by atoms with Gasteiger partial charge in [-0.2, -0.15) is 0 Å². The van der Waals surface area contributed by atoms with Gasteiger partial charge in [0.05, 0.1) is 11.3 Å². The third kappa shape index (κ3) is 2.74. The first-order chi connectivity index (χ1) is 10.3. The van der Waals surface area contributed by atoms with Crippen molar-refractivity contribution >= 4 is 17.3 Å². The lowest BCUT2D eigenvalue weighted by Crippen LogP contribution is -2.15. The Kier molecular flexibility index (Phi) is 3.59. The number of hydrogen-bond acceptors (Lipinski definition) is 5. The largest absolute Gasteiger partial charge is 0.454 e. The van der Waals surface area contributed by atoms with E-state index in [4.69, 9.17) is 9.47 Å². The Bertz CT molecular complexity index is 673. The van der Waals surface area contributed by atoms with Crippen molar-refractivity contribution in [1.29, 1.82) is 0 Å². The molecule has 108 valence electrons. The number of pyridine rings is 1. The van der Waals surface area contributed by atoms with Gasteiger partial charge in [-0.05, 0) is 25.1 Å². The molecular formula is C15H15N3O3. The maximum Gasteiger partial charge on any atom is 0.259 e. The zero-order valence-corrected chi connectivity index (χ0v) is 11.6. The minimum absolute atomic E-state index is 0.208. The summed E-state index contributed by atoms with van der Waals surface area (Å²) in [5, 5.41) is 5.97. The van der Waals surface area contributed by atoms with Crippen LogP contribution in [0.15, 0.2) is 36.7 Å². The van der Waals surface area contributed by atoms with Gasteiger partial charge in [0.2, 0.25) is 6.79 Å². The quantitative estimate of drug-likeness (QED) is 0.903. The standard InChI is InChI=1S/C15H15N3O3/c1-2-17-12-5-6-16-8-11(12)15(19)18-10-3-4-13-14(7-10)21-9-20-13/h3-8H,2,9H2,1H3,(H,16,17)(H,18,19). The van der Waals surface area contributed by atoms with Crippen molar-refractivity contribution in [3.8, 4) is 11.5 Å². The molecule has 0 atom stereocenters. The van der Waals surface area contributed by atoms with Crippen LogP contribution in [-0.2, 0) is 0 Å². The minimum Gasteiger partial charge on any atom is -0.454 e. The highest BCUT2D eigenvalue weighted by Gasteiger charge is 2.16. The van der Waals surface area contributed by atoms with Crippen molar-refractivity contribution in [2.75, 3.05) is 24.0 Å². The summed E-state index contributed by atoms with van der Waals surface area (Å²) < 4.78 is 10.5. The first-order valence-electron chi connectivity index (χ1n) is 6.67. The van der Waals surface area contributed by atoms with E-state index in [1.165, 1.54) is 0 Å². The van der Waals surface area contributed by atoms with Crippen molar-refractivity contribution in [2.45, 2.75) is 6.92 Å². The van der Waals surface area contributed by atoms with Crippen molar-refractivity contribution < 1.29 is 14.3 Å². The zero-order valence-electron chi connectivity index (χ0n) is 11.6. The number of carbonyl (C=O) groups excluding carboxylic acids is 1. The monoisotopic (exact) mass is 285 g/mol. The molecule has 0 unspecified atom stereocenters. The first-order valence-corrected chi connectivity index (χ1v) is 6.67. The second-order valence-corrected chi connectivity index (χ2v) is 4.47. The Morgan fingerprint density at radius 2 is 2.14 bits per heavy atom. The number of anilines is 2. The number of rotatable bonds is 4. The molecule has 2 heterocycles. The first kappa shape index (κ1) is 13.2. The van der Waals surface area contributed by atoms with Crippen LogP contribution >= 0.6 is 0 Å². The van der Waals surface area contributed by atoms with Crippen LogP contribution in [-0.4, -0.2) is 24.2 Å². The number of ether oxygens (including phenoxy) is 2. The number of aromatic nitrogens is 1. The van der Waals surface area contributed by atoms with Gasteiger partial charge in [0.15, 0.2) is 11.5 Å². The van der Waals surface area contributed by atoms with Crippen LogP contribution in [0.25, 0.3) is 0 Å². The summed E-state index contributed by atoms with van der Waals surface area (Å²) in [6.45, 7) is 2.91. The Hall–Kier alpha value is -2.76. The fourth-order valence-electron chi connectivity index (χ4n) is 2.09. The molecule has 1 amide bonds. The number of hydrogen-bond donors (Lipinski definition) is 2. The van der Waals surface area contributed by atoms with Gasteiger partial charge in [0.1, 0.15) is 0 Å². The molecule has 1 aliphatic heterocycles. The summed E-state index contributed by atoms with van der Waals surface area (Å²) in [5.41, 5.74) is 1.90. The molecule has 3 rings (SSSR count). The Morgan fingerprint density at radius 3 is 3.00 bits per heavy atom. The maximum atomic E-state index is 12.3. The second kappa shape index (κ2) is 5.70. The molecule has 2 N–H and O–H groups in total. The van der Waals surface area contributed by atoms with Crippen LogP contribution in [0.3, 0.4) is 0 Å². The molecule has 2 aromatic rings. The van der Waals surface area contributed by atoms with Crippen LogP contribution in [0.5, 0.6) is 11.5 Å². The predicted molar refractivity (Wildman–Crippen MR) is 78.9 cm³/mol. The van der Waals surface area contributed by atoms with E-state index >= 15 is 0 Å². The molecule has 21 heavy (non-hydrogen) atoms. The summed E-state index contributed by atoms with van der Waals surface area (Å²) in [7, 11) is 0. The van der Waals surface area contributed by atoms with Crippen LogP contribution in [0.1, 0.15) is 17.3 Å². The summed E-state index contributed by atoms with van der Waals surface area (Å²) in [5.74, 6) is 1.09. The minimum atomic E-state index is -0.224. The molecule has 1 aliphatic rings. The Labute approximate surface area is 122 Å². The maximum absolute atomic E-state index is 12.3. The summed E-state index contributed by atoms with van der Waals surface area (Å²) >= 11 is 0. The smallest absolute Gasteiger partial charge is 0.259 e. The van der Waals surface area contributed by atoms with Crippen LogP contribution in [0, 0.1) is 0 Å². The Morgan fingerprint density at radius 1 is 1.29 bits per heavy atom. The van der Waals surface area contributed by atoms with Gasteiger partial charge in [-0.25, -0.2) is 0 Å². The second-order valence-electron chi connectivity index (χ2n) is 4.47. The van der Waals surface area contributed by atoms with E-state index in [-0.39, 0.29) is 12.7 Å². The van der Waals surface area contributed by atoms with Gasteiger partial charge in [0, 0.05) is 30.7 Å². The highest BCUT2D eigenvalue weighted by atomic mass is 16.7. The third-order valence-corrected chi connectivity index (χ3v) is 3.06. The van der Waals surface area contributed by atoms with Gasteiger partial charge in [0.25, 0.3) is 5.91 Å². The third-order valence-electron chi connectivity index (χ3n) is 3.06. The highest BCUT2D eigenvalue weighted by molar-refractivity contribution is 6.07. The average molecular weight is 285 g/mol. The average Bonchev–Trinajstić information content (AvgIpc) is 2.95. The molecule has 0 radical (unpaired) electrons. The summed E-state index contributed by atoms with van der Waals surface area (Å²) in [6, 6.07) is 7.06. The molecule has 0 bridgehead atoms. The fraction of sp³-hybridized carbons (Fsp3) is 0.200. The number of amides is 1. The van der Waals surface area contributed by atoms with Crippen molar-refractivity contribution in [3.05, 3.63) is 42.2 Å². The van der Waals surface area contributed by atoms with E-state index in [9.17, 15) is 4.79 Å². The van der Waals surface area contributed by atoms with Crippen molar-refractivity contribution in [2.24, 2.45) is 0 Å². The molecule has 6 nitrogen and oxygen atoms in total. The molecule has 6 heteroatoms. The van der Waals surface area contributed by atoms with E-state index in [0.717, 1.165) is 12.2 Å². The summed E-state index contributed by atoms with van der Waals surface area (Å²) in [6.07, 6.45) is 3.19. The predicted octanol–water partition coefficient (Wildman–Crippen LogP) is 2.49. The van der Waals surface area contributed by atoms with Gasteiger partial charge < -0.3 is 20.1 Å². The zero-order chi connectivity index (χ0) is 14.7. The van der Waals surface area contributed by atoms with E-state index in [1.807, 2.05) is 6.92 Å². The lowest BCUT2D eigenvalue weighted by atomic mass is 10.2. The fourth-order valence-corrected chi connectivity index (χ4v) is 2.09. The van der Waals surface area contributed by atoms with Crippen LogP contribution < -0.4 is 20.1 Å². The topological polar surface area (TPSA) is 72.5 Å². The molecule has 0 aliphatic carbocycles. The number of fused-ring (bicyclic) bond motifs is 1. The van der Waals surface area contributed by atoms with Gasteiger partial charge in [-0.15, -0.1) is 0 Å². The number of nitrogens with one attached hydrogen (secondary N) is 2. The SMILES string of the molecule is CCNc1ccncc1C(=O)Nc1ccc2c(c1)OCO2. The lowest BCUT2D eigenvalue weighted by molar-refractivity contribution is 0.102. The lowest BCUT2D eigenvalue weighted by Gasteiger charge is -2.10. The summed E-state index contributed by atoms with van der Waals surface area (Å²) in [4.78, 5) is 16.3. The number of benzene rings is 1. The van der Waals surface area contributed by atoms with E-state index in [0.29, 0.717) is 22.7 Å². The van der Waals surface area contributed by atoms with E-state index < -0.39 is 0 Å². The molecule has 0 fully saturated rings. The van der Waals surface area contributed by atoms with E-state index in [1.54, 1.807) is 36.7 Å². The van der Waals surface area contributed by atoms with Gasteiger partial charge >= 0.3 is 0 Å². The molecule has 0 saturated carbocycles. The molecule has 1 aromatic carbocycles. The van der Waals surface area contributed by atoms with Crippen LogP contribution in [0.2, 0.25) is 0 Å². The van der Waals surface area contributed by atoms with E-state index in [2.05, 4.69) is 15.6 Å². The normalized spacial score (nSPS) is 12.0. The number of carbonyl (C=O) groups is 1. The highest BCUT2D eigenvalue weighted by Crippen LogP contribution is 2.34. The molecule has 1 aromatic heterocycles. The van der Waals surface area contributed by atoms with Crippen molar-refractivity contribution in [1.82, 2.24) is 4.98 Å². The van der Waals surface area contributed by atoms with Gasteiger partial charge in [-0.3, -0.25) is 9.78 Å². The molecule has 0 saturated heterocycles.